The minimum atomic E-state index is -0.381. The molecule has 2 rings (SSSR count). The zero-order valence-corrected chi connectivity index (χ0v) is 10.2. The maximum absolute atomic E-state index is 13.3. The Kier molecular flexibility index (Phi) is 4.10. The molecule has 0 atom stereocenters. The molecule has 4 heteroatoms. The number of thioether (sulfide) groups is 1. The van der Waals surface area contributed by atoms with Crippen LogP contribution in [0.25, 0.3) is 0 Å². The van der Waals surface area contributed by atoms with E-state index in [4.69, 9.17) is 0 Å². The Morgan fingerprint density at radius 3 is 2.33 bits per heavy atom. The van der Waals surface area contributed by atoms with E-state index in [9.17, 15) is 13.6 Å². The summed E-state index contributed by atoms with van der Waals surface area (Å²) >= 11 is 1.14. The standard InChI is InChI=1S/C14H10F2OS/c15-11-7-5-10(6-8-11)13(17)9-18-14-4-2-1-3-12(14)16/h1-8H,9H2. The van der Waals surface area contributed by atoms with Gasteiger partial charge >= 0.3 is 0 Å². The molecule has 0 bridgehead atoms. The van der Waals surface area contributed by atoms with Crippen LogP contribution in [0.3, 0.4) is 0 Å². The fourth-order valence-corrected chi connectivity index (χ4v) is 2.26. The normalized spacial score (nSPS) is 10.3. The molecule has 0 heterocycles. The first-order valence-electron chi connectivity index (χ1n) is 5.33. The van der Waals surface area contributed by atoms with Crippen LogP contribution in [0.2, 0.25) is 0 Å². The molecule has 0 aliphatic carbocycles. The van der Waals surface area contributed by atoms with Gasteiger partial charge < -0.3 is 0 Å². The van der Waals surface area contributed by atoms with Crippen molar-refractivity contribution in [2.24, 2.45) is 0 Å². The number of hydrogen-bond donors (Lipinski definition) is 0. The fourth-order valence-electron chi connectivity index (χ4n) is 1.42. The lowest BCUT2D eigenvalue weighted by Gasteiger charge is -2.02. The summed E-state index contributed by atoms with van der Waals surface area (Å²) < 4.78 is 26.0. The van der Waals surface area contributed by atoms with E-state index in [1.54, 1.807) is 18.2 Å². The van der Waals surface area contributed by atoms with Gasteiger partial charge in [0.1, 0.15) is 11.6 Å². The Balaban J connectivity index is 2.01. The molecule has 92 valence electrons. The third-order valence-corrected chi connectivity index (χ3v) is 3.41. The van der Waals surface area contributed by atoms with Gasteiger partial charge in [-0.1, -0.05) is 12.1 Å². The van der Waals surface area contributed by atoms with Crippen LogP contribution < -0.4 is 0 Å². The fraction of sp³-hybridized carbons (Fsp3) is 0.0714. The molecular formula is C14H10F2OS. The molecular weight excluding hydrogens is 254 g/mol. The lowest BCUT2D eigenvalue weighted by molar-refractivity contribution is 0.102. The molecule has 0 aliphatic rings. The number of carbonyl (C=O) groups is 1. The van der Waals surface area contributed by atoms with E-state index in [1.165, 1.54) is 30.3 Å². The predicted octanol–water partition coefficient (Wildman–Crippen LogP) is 3.94. The summed E-state index contributed by atoms with van der Waals surface area (Å²) in [5.74, 6) is -0.738. The molecule has 0 fully saturated rings. The van der Waals surface area contributed by atoms with Crippen molar-refractivity contribution in [2.45, 2.75) is 4.90 Å². The first kappa shape index (κ1) is 12.8. The second kappa shape index (κ2) is 5.78. The number of rotatable bonds is 4. The minimum Gasteiger partial charge on any atom is -0.293 e. The van der Waals surface area contributed by atoms with Crippen LogP contribution in [0.15, 0.2) is 53.4 Å². The SMILES string of the molecule is O=C(CSc1ccccc1F)c1ccc(F)cc1. The minimum absolute atomic E-state index is 0.132. The molecule has 0 radical (unpaired) electrons. The highest BCUT2D eigenvalue weighted by Crippen LogP contribution is 2.22. The Labute approximate surface area is 108 Å². The first-order chi connectivity index (χ1) is 8.66. The molecule has 0 N–H and O–H groups in total. The van der Waals surface area contributed by atoms with Gasteiger partial charge in [-0.15, -0.1) is 11.8 Å². The summed E-state index contributed by atoms with van der Waals surface area (Å²) in [4.78, 5) is 12.2. The summed E-state index contributed by atoms with van der Waals surface area (Å²) in [6.07, 6.45) is 0. The van der Waals surface area contributed by atoms with Crippen molar-refractivity contribution in [3.05, 3.63) is 65.7 Å². The molecule has 2 aromatic rings. The van der Waals surface area contributed by atoms with Crippen LogP contribution in [0.5, 0.6) is 0 Å². The van der Waals surface area contributed by atoms with E-state index in [-0.39, 0.29) is 23.2 Å². The van der Waals surface area contributed by atoms with Crippen molar-refractivity contribution in [1.29, 1.82) is 0 Å². The van der Waals surface area contributed by atoms with Crippen LogP contribution >= 0.6 is 11.8 Å². The topological polar surface area (TPSA) is 17.1 Å². The number of hydrogen-bond acceptors (Lipinski definition) is 2. The summed E-state index contributed by atoms with van der Waals surface area (Å²) in [5, 5.41) is 0. The van der Waals surface area contributed by atoms with Crippen LogP contribution in [0.4, 0.5) is 8.78 Å². The second-order valence-corrected chi connectivity index (χ2v) is 4.67. The average molecular weight is 264 g/mol. The first-order valence-corrected chi connectivity index (χ1v) is 6.31. The molecule has 18 heavy (non-hydrogen) atoms. The van der Waals surface area contributed by atoms with E-state index < -0.39 is 0 Å². The van der Waals surface area contributed by atoms with Gasteiger partial charge in [0, 0.05) is 10.5 Å². The third kappa shape index (κ3) is 3.17. The highest BCUT2D eigenvalue weighted by molar-refractivity contribution is 8.00. The molecule has 0 amide bonds. The zero-order valence-electron chi connectivity index (χ0n) is 9.40. The Morgan fingerprint density at radius 1 is 1.00 bits per heavy atom. The lowest BCUT2D eigenvalue weighted by atomic mass is 10.1. The van der Waals surface area contributed by atoms with Crippen molar-refractivity contribution in [3.8, 4) is 0 Å². The van der Waals surface area contributed by atoms with Gasteiger partial charge in [-0.3, -0.25) is 4.79 Å². The molecule has 1 nitrogen and oxygen atoms in total. The summed E-state index contributed by atoms with van der Waals surface area (Å²) in [5.41, 5.74) is 0.431. The monoisotopic (exact) mass is 264 g/mol. The molecule has 0 aromatic heterocycles. The molecule has 0 aliphatic heterocycles. The highest BCUT2D eigenvalue weighted by atomic mass is 32.2. The Morgan fingerprint density at radius 2 is 1.67 bits per heavy atom. The number of halogens is 2. The quantitative estimate of drug-likeness (QED) is 0.614. The van der Waals surface area contributed by atoms with Gasteiger partial charge in [-0.05, 0) is 36.4 Å². The van der Waals surface area contributed by atoms with Crippen LogP contribution in [-0.4, -0.2) is 11.5 Å². The average Bonchev–Trinajstić information content (AvgIpc) is 2.38. The van der Waals surface area contributed by atoms with Crippen molar-refractivity contribution in [1.82, 2.24) is 0 Å². The molecule has 0 spiro atoms. The lowest BCUT2D eigenvalue weighted by Crippen LogP contribution is -2.02. The van der Waals surface area contributed by atoms with E-state index in [1.807, 2.05) is 0 Å². The maximum atomic E-state index is 13.3. The number of Topliss-reactive ketones (excluding diaryl/α,β-unsaturated/α-hetero) is 1. The van der Waals surface area contributed by atoms with Crippen molar-refractivity contribution < 1.29 is 13.6 Å². The number of ketones is 1. The van der Waals surface area contributed by atoms with Crippen LogP contribution in [0.1, 0.15) is 10.4 Å². The van der Waals surface area contributed by atoms with E-state index in [2.05, 4.69) is 0 Å². The van der Waals surface area contributed by atoms with Crippen LogP contribution in [0, 0.1) is 11.6 Å². The second-order valence-electron chi connectivity index (χ2n) is 3.65. The molecule has 0 unspecified atom stereocenters. The van der Waals surface area contributed by atoms with E-state index in [0.29, 0.717) is 10.5 Å². The van der Waals surface area contributed by atoms with Gasteiger partial charge in [0.25, 0.3) is 0 Å². The molecule has 2 aromatic carbocycles. The van der Waals surface area contributed by atoms with Gasteiger partial charge in [-0.2, -0.15) is 0 Å². The largest absolute Gasteiger partial charge is 0.293 e. The summed E-state index contributed by atoms with van der Waals surface area (Å²) in [6.45, 7) is 0. The number of carbonyl (C=O) groups excluding carboxylic acids is 1. The van der Waals surface area contributed by atoms with Crippen molar-refractivity contribution >= 4 is 17.5 Å². The smallest absolute Gasteiger partial charge is 0.173 e. The highest BCUT2D eigenvalue weighted by Gasteiger charge is 2.08. The number of benzene rings is 2. The predicted molar refractivity (Wildman–Crippen MR) is 67.9 cm³/mol. The van der Waals surface area contributed by atoms with Crippen molar-refractivity contribution in [3.63, 3.8) is 0 Å². The third-order valence-electron chi connectivity index (χ3n) is 2.36. The maximum Gasteiger partial charge on any atom is 0.173 e. The van der Waals surface area contributed by atoms with Gasteiger partial charge in [0.05, 0.1) is 5.75 Å². The molecule has 0 saturated heterocycles. The summed E-state index contributed by atoms with van der Waals surface area (Å²) in [6, 6.07) is 11.6. The van der Waals surface area contributed by atoms with Gasteiger partial charge in [0.15, 0.2) is 5.78 Å². The van der Waals surface area contributed by atoms with Crippen LogP contribution in [-0.2, 0) is 0 Å². The Bertz CT molecular complexity index is 552. The van der Waals surface area contributed by atoms with E-state index >= 15 is 0 Å². The van der Waals surface area contributed by atoms with E-state index in [0.717, 1.165) is 11.8 Å². The van der Waals surface area contributed by atoms with Gasteiger partial charge in [0.2, 0.25) is 0 Å². The zero-order chi connectivity index (χ0) is 13.0. The summed E-state index contributed by atoms with van der Waals surface area (Å²) in [7, 11) is 0. The Hall–Kier alpha value is -1.68. The van der Waals surface area contributed by atoms with Gasteiger partial charge in [-0.25, -0.2) is 8.78 Å². The van der Waals surface area contributed by atoms with Crippen molar-refractivity contribution in [2.75, 3.05) is 5.75 Å². The molecule has 0 saturated carbocycles.